The maximum absolute atomic E-state index is 0. The second-order valence-electron chi connectivity index (χ2n) is 0. The van der Waals surface area contributed by atoms with Gasteiger partial charge in [-0.3, -0.25) is 0 Å². The van der Waals surface area contributed by atoms with Gasteiger partial charge in [0.15, 0.2) is 0 Å². The minimum Gasteiger partial charge on any atom is 0 e. The summed E-state index contributed by atoms with van der Waals surface area (Å²) < 4.78 is 0. The normalized spacial score (nSPS) is 0. The van der Waals surface area contributed by atoms with Gasteiger partial charge in [-0.1, -0.05) is 0 Å². The van der Waals surface area contributed by atoms with Gasteiger partial charge in [0.1, 0.15) is 0 Å². The molecule has 0 rings (SSSR count). The van der Waals surface area contributed by atoms with Crippen LogP contribution in [-0.4, -0.2) is 24.3 Å². The third-order valence-electron chi connectivity index (χ3n) is 0. The van der Waals surface area contributed by atoms with E-state index < -0.39 is 0 Å². The van der Waals surface area contributed by atoms with Crippen molar-refractivity contribution in [3.8, 4) is 0 Å². The predicted octanol–water partition coefficient (Wildman–Crippen LogP) is -1.48. The molecular weight excluding hydrogens is 324 g/mol. The Kier molecular flexibility index (Phi) is 382. The van der Waals surface area contributed by atoms with Crippen molar-refractivity contribution in [1.82, 2.24) is 0 Å². The second-order valence-corrected chi connectivity index (χ2v) is 0. The quantitative estimate of drug-likeness (QED) is 0.486. The van der Waals surface area contributed by atoms with Crippen molar-refractivity contribution in [2.75, 3.05) is 0 Å². The fourth-order valence-electron chi connectivity index (χ4n) is 0. The van der Waals surface area contributed by atoms with Crippen LogP contribution in [0.25, 0.3) is 0 Å². The Morgan fingerprint density at radius 2 is 1.00 bits per heavy atom. The summed E-state index contributed by atoms with van der Waals surface area (Å²) in [7, 11) is 0. The van der Waals surface area contributed by atoms with Gasteiger partial charge in [-0.25, -0.2) is 0 Å². The van der Waals surface area contributed by atoms with Gasteiger partial charge in [0.25, 0.3) is 0 Å². The smallest absolute Gasteiger partial charge is 0 e. The fourth-order valence-corrected chi connectivity index (χ4v) is 0. The molecule has 0 aromatic rings. The molecule has 5 heteroatoms. The molecule has 0 fully saturated rings. The van der Waals surface area contributed by atoms with Crippen LogP contribution < -0.4 is 0 Å². The molecule has 0 aromatic carbocycles. The summed E-state index contributed by atoms with van der Waals surface area (Å²) in [6.07, 6.45) is 0. The molecule has 0 aliphatic carbocycles. The molecule has 0 saturated carbocycles. The van der Waals surface area contributed by atoms with Crippen molar-refractivity contribution in [3.05, 3.63) is 0 Å². The minimum atomic E-state index is 0. The van der Waals surface area contributed by atoms with E-state index in [9.17, 15) is 0 Å². The third-order valence-corrected chi connectivity index (χ3v) is 0. The van der Waals surface area contributed by atoms with Crippen LogP contribution in [0.1, 0.15) is 0 Å². The third kappa shape index (κ3) is 22.3. The molecule has 5 heavy (non-hydrogen) atoms. The van der Waals surface area contributed by atoms with Gasteiger partial charge in [-0.15, -0.1) is 0 Å². The van der Waals surface area contributed by atoms with Gasteiger partial charge in [-0.2, -0.15) is 0 Å². The molecule has 0 amide bonds. The zero-order valence-electron chi connectivity index (χ0n) is 1.56. The first kappa shape index (κ1) is 56.0. The van der Waals surface area contributed by atoms with E-state index in [0.717, 1.165) is 0 Å². The maximum Gasteiger partial charge on any atom is 0 e. The number of hydrogen-bond acceptors (Lipinski definition) is 0. The number of rotatable bonds is 0. The van der Waals surface area contributed by atoms with Crippen LogP contribution in [0.4, 0.5) is 0 Å². The molecular formula is H3CoLiNiOW. The summed E-state index contributed by atoms with van der Waals surface area (Å²) in [6.45, 7) is 0. The van der Waals surface area contributed by atoms with E-state index in [2.05, 4.69) is 0 Å². The van der Waals surface area contributed by atoms with Crippen molar-refractivity contribution in [3.63, 3.8) is 0 Å². The molecule has 0 atom stereocenters. The van der Waals surface area contributed by atoms with Crippen LogP contribution in [0, 0.1) is 0 Å². The van der Waals surface area contributed by atoms with Crippen LogP contribution >= 0.6 is 0 Å². The molecule has 0 aliphatic rings. The van der Waals surface area contributed by atoms with Gasteiger partial charge in [-0.05, 0) is 0 Å². The van der Waals surface area contributed by atoms with Crippen molar-refractivity contribution in [2.45, 2.75) is 0 Å². The molecule has 2 N–H and O–H groups in total. The van der Waals surface area contributed by atoms with Crippen molar-refractivity contribution < 1.29 is 59.8 Å². The van der Waals surface area contributed by atoms with Crippen molar-refractivity contribution in [2.24, 2.45) is 0 Å². The van der Waals surface area contributed by atoms with Crippen LogP contribution in [-0.2, 0) is 54.3 Å². The average Bonchev–Trinajstić information content (AvgIpc) is 0. The first-order valence-corrected chi connectivity index (χ1v) is 0. The SMILES string of the molecule is O.[Co].[LiH].[Ni].[W]. The zero-order chi connectivity index (χ0) is 0. The maximum atomic E-state index is 0. The second kappa shape index (κ2) is 34.1. The Balaban J connectivity index is 0. The van der Waals surface area contributed by atoms with Crippen LogP contribution in [0.2, 0.25) is 0 Å². The number of hydrogen-bond donors (Lipinski definition) is 0. The van der Waals surface area contributed by atoms with E-state index in [-0.39, 0.29) is 78.7 Å². The molecule has 0 aliphatic heterocycles. The molecule has 0 saturated heterocycles. The standard InChI is InChI=1S/Co.Li.Ni.H2O.W.H/h;;;1H2;;. The predicted molar refractivity (Wildman–Crippen MR) is 10.8 cm³/mol. The Hall–Kier alpha value is 2.25. The Morgan fingerprint density at radius 1 is 1.00 bits per heavy atom. The summed E-state index contributed by atoms with van der Waals surface area (Å²) in [4.78, 5) is 0. The van der Waals surface area contributed by atoms with E-state index in [4.69, 9.17) is 0 Å². The van der Waals surface area contributed by atoms with E-state index in [1.807, 2.05) is 0 Å². The van der Waals surface area contributed by atoms with Crippen molar-refractivity contribution >= 4 is 18.9 Å². The molecule has 0 unspecified atom stereocenters. The van der Waals surface area contributed by atoms with Crippen LogP contribution in [0.5, 0.6) is 0 Å². The largest absolute Gasteiger partial charge is 0 e. The average molecular weight is 327 g/mol. The Labute approximate surface area is 77.9 Å². The Bertz CT molecular complexity index is 11.6. The van der Waals surface area contributed by atoms with Gasteiger partial charge >= 0.3 is 18.9 Å². The fraction of sp³-hybridized carbons (Fsp3) is 0. The summed E-state index contributed by atoms with van der Waals surface area (Å²) in [5, 5.41) is 0. The van der Waals surface area contributed by atoms with Gasteiger partial charge in [0.05, 0.1) is 0 Å². The van der Waals surface area contributed by atoms with Gasteiger partial charge < -0.3 is 5.48 Å². The molecule has 35 valence electrons. The first-order valence-electron chi connectivity index (χ1n) is 0. The Morgan fingerprint density at radius 3 is 1.00 bits per heavy atom. The van der Waals surface area contributed by atoms with Crippen LogP contribution in [0.3, 0.4) is 0 Å². The van der Waals surface area contributed by atoms with Crippen molar-refractivity contribution in [1.29, 1.82) is 0 Å². The van der Waals surface area contributed by atoms with Gasteiger partial charge in [0.2, 0.25) is 0 Å². The van der Waals surface area contributed by atoms with E-state index >= 15 is 0 Å². The molecule has 1 radical (unpaired) electrons. The molecule has 0 bridgehead atoms. The summed E-state index contributed by atoms with van der Waals surface area (Å²) in [5.74, 6) is 0. The minimum absolute atomic E-state index is 0. The van der Waals surface area contributed by atoms with E-state index in [1.165, 1.54) is 0 Å². The van der Waals surface area contributed by atoms with E-state index in [1.54, 1.807) is 0 Å². The molecule has 0 aromatic heterocycles. The molecule has 0 heterocycles. The van der Waals surface area contributed by atoms with E-state index in [0.29, 0.717) is 0 Å². The summed E-state index contributed by atoms with van der Waals surface area (Å²) in [5.41, 5.74) is 0. The molecule has 0 spiro atoms. The summed E-state index contributed by atoms with van der Waals surface area (Å²) >= 11 is 0. The summed E-state index contributed by atoms with van der Waals surface area (Å²) in [6, 6.07) is 0. The van der Waals surface area contributed by atoms with Gasteiger partial charge in [0, 0.05) is 54.3 Å². The van der Waals surface area contributed by atoms with Crippen LogP contribution in [0.15, 0.2) is 0 Å². The zero-order valence-corrected chi connectivity index (χ0v) is 6.52. The monoisotopic (exact) mass is 327 g/mol. The first-order chi connectivity index (χ1) is 0. The molecule has 1 nitrogen and oxygen atoms in total. The topological polar surface area (TPSA) is 31.5 Å².